The van der Waals surface area contributed by atoms with E-state index < -0.39 is 11.6 Å². The van der Waals surface area contributed by atoms with Crippen molar-refractivity contribution in [1.29, 1.82) is 0 Å². The van der Waals surface area contributed by atoms with Crippen molar-refractivity contribution in [3.63, 3.8) is 0 Å². The molecule has 1 aliphatic carbocycles. The van der Waals surface area contributed by atoms with Crippen molar-refractivity contribution < 1.29 is 27.5 Å². The number of benzene rings is 2. The third kappa shape index (κ3) is 4.04. The molecular formula is C22H21F2N5O4S. The van der Waals surface area contributed by atoms with E-state index in [1.165, 1.54) is 27.1 Å². The van der Waals surface area contributed by atoms with Gasteiger partial charge in [0.25, 0.3) is 0 Å². The average Bonchev–Trinajstić information content (AvgIpc) is 3.45. The van der Waals surface area contributed by atoms with Gasteiger partial charge in [0.15, 0.2) is 40.4 Å². The second-order valence-electron chi connectivity index (χ2n) is 7.63. The van der Waals surface area contributed by atoms with Crippen LogP contribution in [-0.4, -0.2) is 36.7 Å². The molecule has 0 atom stereocenters. The molecule has 178 valence electrons. The second kappa shape index (κ2) is 8.93. The first-order chi connectivity index (χ1) is 16.5. The molecule has 0 radical (unpaired) electrons. The van der Waals surface area contributed by atoms with Crippen molar-refractivity contribution in [2.45, 2.75) is 23.7 Å². The predicted molar refractivity (Wildman–Crippen MR) is 123 cm³/mol. The largest absolute Gasteiger partial charge is 0.495 e. The van der Waals surface area contributed by atoms with Crippen molar-refractivity contribution in [1.82, 2.24) is 15.4 Å². The number of hydrogen-bond acceptors (Lipinski definition) is 9. The summed E-state index contributed by atoms with van der Waals surface area (Å²) < 4.78 is 52.5. The number of methoxy groups -OCH3 is 3. The molecule has 1 saturated carbocycles. The standard InChI is InChI=1S/C22H21F2N5O4S/c1-30-17-6-11-16(8-15(17)25-18-9-14(26-27-18)10-4-5-10)33-28-22(11)29-34-21-19(31-2)12(23)7-13(24)20(21)32-3/h6-10H,4-5H2,1-3H3,(H,28,29)(H2,25,26,27). The lowest BCUT2D eigenvalue weighted by Gasteiger charge is -2.14. The molecule has 1 fully saturated rings. The molecule has 1 aliphatic rings. The van der Waals surface area contributed by atoms with Crippen LogP contribution >= 0.6 is 11.9 Å². The highest BCUT2D eigenvalue weighted by Crippen LogP contribution is 2.43. The molecule has 34 heavy (non-hydrogen) atoms. The number of nitrogens with one attached hydrogen (secondary N) is 3. The minimum absolute atomic E-state index is 0.0916. The summed E-state index contributed by atoms with van der Waals surface area (Å²) >= 11 is 0.882. The minimum atomic E-state index is -0.851. The van der Waals surface area contributed by atoms with Crippen molar-refractivity contribution in [3.05, 3.63) is 41.6 Å². The molecule has 0 aliphatic heterocycles. The molecule has 0 spiro atoms. The van der Waals surface area contributed by atoms with E-state index in [0.717, 1.165) is 17.6 Å². The summed E-state index contributed by atoms with van der Waals surface area (Å²) in [7, 11) is 4.13. The van der Waals surface area contributed by atoms with E-state index in [4.69, 9.17) is 18.7 Å². The van der Waals surface area contributed by atoms with Gasteiger partial charge in [-0.15, -0.1) is 0 Å². The van der Waals surface area contributed by atoms with E-state index in [1.54, 1.807) is 19.2 Å². The molecule has 2 heterocycles. The van der Waals surface area contributed by atoms with Gasteiger partial charge in [0.05, 0.1) is 32.4 Å². The number of hydrogen-bond donors (Lipinski definition) is 3. The Morgan fingerprint density at radius 3 is 2.41 bits per heavy atom. The molecule has 4 aromatic rings. The summed E-state index contributed by atoms with van der Waals surface area (Å²) in [6, 6.07) is 6.17. The fourth-order valence-electron chi connectivity index (χ4n) is 3.58. The molecule has 12 heteroatoms. The lowest BCUT2D eigenvalue weighted by molar-refractivity contribution is 0.340. The average molecular weight is 490 g/mol. The van der Waals surface area contributed by atoms with Crippen LogP contribution in [0.25, 0.3) is 11.0 Å². The van der Waals surface area contributed by atoms with Crippen LogP contribution in [0, 0.1) is 11.6 Å². The highest BCUT2D eigenvalue weighted by Gasteiger charge is 2.26. The van der Waals surface area contributed by atoms with E-state index >= 15 is 0 Å². The first kappa shape index (κ1) is 22.1. The molecule has 9 nitrogen and oxygen atoms in total. The molecule has 3 N–H and O–H groups in total. The summed E-state index contributed by atoms with van der Waals surface area (Å²) in [5.41, 5.74) is 2.22. The Labute approximate surface area is 197 Å². The fraction of sp³-hybridized carbons (Fsp3) is 0.273. The van der Waals surface area contributed by atoms with Crippen LogP contribution in [-0.2, 0) is 0 Å². The van der Waals surface area contributed by atoms with Crippen LogP contribution in [0.4, 0.5) is 26.1 Å². The zero-order chi connectivity index (χ0) is 23.8. The molecule has 2 aromatic carbocycles. The lowest BCUT2D eigenvalue weighted by Crippen LogP contribution is -2.00. The topological polar surface area (TPSA) is 106 Å². The van der Waals surface area contributed by atoms with Crippen molar-refractivity contribution in [3.8, 4) is 17.2 Å². The quantitative estimate of drug-likeness (QED) is 0.259. The molecular weight excluding hydrogens is 468 g/mol. The summed E-state index contributed by atoms with van der Waals surface area (Å²) in [6.45, 7) is 0. The van der Waals surface area contributed by atoms with Gasteiger partial charge in [-0.05, 0) is 30.9 Å². The first-order valence-electron chi connectivity index (χ1n) is 10.3. The Hall–Kier alpha value is -3.67. The molecule has 0 unspecified atom stereocenters. The van der Waals surface area contributed by atoms with Gasteiger partial charge in [-0.1, -0.05) is 5.16 Å². The second-order valence-corrected chi connectivity index (χ2v) is 8.44. The van der Waals surface area contributed by atoms with E-state index in [1.807, 2.05) is 6.07 Å². The van der Waals surface area contributed by atoms with Crippen LogP contribution < -0.4 is 24.2 Å². The number of rotatable bonds is 9. The van der Waals surface area contributed by atoms with Crippen molar-refractivity contribution >= 4 is 40.2 Å². The Bertz CT molecular complexity index is 1330. The van der Waals surface area contributed by atoms with Crippen LogP contribution in [0.5, 0.6) is 17.2 Å². The first-order valence-corrected chi connectivity index (χ1v) is 11.2. The zero-order valence-corrected chi connectivity index (χ0v) is 19.3. The van der Waals surface area contributed by atoms with E-state index in [0.29, 0.717) is 46.0 Å². The number of nitrogens with zero attached hydrogens (tertiary/aromatic N) is 2. The SMILES string of the molecule is COc1cc2c(NSc3c(OC)c(F)cc(F)c3OC)noc2cc1Nc1cc(C2CC2)[nH]n1. The lowest BCUT2D eigenvalue weighted by atomic mass is 10.2. The summed E-state index contributed by atoms with van der Waals surface area (Å²) in [6.07, 6.45) is 2.34. The van der Waals surface area contributed by atoms with Gasteiger partial charge in [0.2, 0.25) is 0 Å². The fourth-order valence-corrected chi connectivity index (χ4v) is 4.47. The molecule has 5 rings (SSSR count). The highest BCUT2D eigenvalue weighted by atomic mass is 32.2. The van der Waals surface area contributed by atoms with Gasteiger partial charge in [0.1, 0.15) is 10.6 Å². The highest BCUT2D eigenvalue weighted by molar-refractivity contribution is 8.00. The van der Waals surface area contributed by atoms with E-state index in [2.05, 4.69) is 25.4 Å². The van der Waals surface area contributed by atoms with Crippen molar-refractivity contribution in [2.24, 2.45) is 0 Å². The Morgan fingerprint density at radius 2 is 1.76 bits per heavy atom. The molecule has 2 aromatic heterocycles. The van der Waals surface area contributed by atoms with E-state index in [-0.39, 0.29) is 16.4 Å². The number of anilines is 3. The van der Waals surface area contributed by atoms with Gasteiger partial charge in [-0.2, -0.15) is 5.10 Å². The summed E-state index contributed by atoms with van der Waals surface area (Å²) in [4.78, 5) is 0.0916. The van der Waals surface area contributed by atoms with Crippen LogP contribution in [0.3, 0.4) is 0 Å². The van der Waals surface area contributed by atoms with Gasteiger partial charge in [-0.25, -0.2) is 8.78 Å². The number of aromatic amines is 1. The number of halogens is 2. The predicted octanol–water partition coefficient (Wildman–Crippen LogP) is 5.60. The third-order valence-electron chi connectivity index (χ3n) is 5.43. The number of aromatic nitrogens is 3. The van der Waals surface area contributed by atoms with Gasteiger partial charge < -0.3 is 28.8 Å². The maximum Gasteiger partial charge on any atom is 0.187 e. The molecule has 0 saturated heterocycles. The van der Waals surface area contributed by atoms with Crippen molar-refractivity contribution in [2.75, 3.05) is 31.4 Å². The maximum absolute atomic E-state index is 14.2. The Balaban J connectivity index is 1.42. The normalized spacial score (nSPS) is 13.2. The minimum Gasteiger partial charge on any atom is -0.495 e. The number of fused-ring (bicyclic) bond motifs is 1. The Kier molecular flexibility index (Phi) is 5.82. The van der Waals surface area contributed by atoms with Crippen LogP contribution in [0.15, 0.2) is 33.7 Å². The van der Waals surface area contributed by atoms with Gasteiger partial charge in [0, 0.05) is 29.8 Å². The number of ether oxygens (including phenoxy) is 3. The molecule has 0 bridgehead atoms. The van der Waals surface area contributed by atoms with E-state index in [9.17, 15) is 8.78 Å². The maximum atomic E-state index is 14.2. The van der Waals surface area contributed by atoms with Gasteiger partial charge in [-0.3, -0.25) is 5.10 Å². The summed E-state index contributed by atoms with van der Waals surface area (Å²) in [5.74, 6) is 0.0683. The monoisotopic (exact) mass is 489 g/mol. The van der Waals surface area contributed by atoms with Gasteiger partial charge >= 0.3 is 0 Å². The molecule has 0 amide bonds. The number of H-pyrrole nitrogens is 1. The summed E-state index contributed by atoms with van der Waals surface area (Å²) in [5, 5.41) is 15.2. The Morgan fingerprint density at radius 1 is 1.03 bits per heavy atom. The zero-order valence-electron chi connectivity index (χ0n) is 18.5. The smallest absolute Gasteiger partial charge is 0.187 e. The third-order valence-corrected chi connectivity index (χ3v) is 6.30. The van der Waals surface area contributed by atoms with Crippen LogP contribution in [0.2, 0.25) is 0 Å². The van der Waals surface area contributed by atoms with Crippen LogP contribution in [0.1, 0.15) is 24.5 Å².